The van der Waals surface area contributed by atoms with Gasteiger partial charge in [-0.15, -0.1) is 0 Å². The molecule has 27 heavy (non-hydrogen) atoms. The average molecular weight is 395 g/mol. The number of carbonyl (C=O) groups is 2. The molecule has 1 aromatic carbocycles. The quantitative estimate of drug-likeness (QED) is 0.803. The topological polar surface area (TPSA) is 105 Å². The predicted octanol–water partition coefficient (Wildman–Crippen LogP) is 1.33. The van der Waals surface area contributed by atoms with Gasteiger partial charge in [0.1, 0.15) is 5.75 Å². The molecular formula is C18H25N3O5S. The first-order chi connectivity index (χ1) is 12.6. The van der Waals surface area contributed by atoms with Gasteiger partial charge in [-0.2, -0.15) is 4.31 Å². The van der Waals surface area contributed by atoms with Crippen LogP contribution < -0.4 is 15.4 Å². The Morgan fingerprint density at radius 3 is 2.56 bits per heavy atom. The van der Waals surface area contributed by atoms with Crippen LogP contribution in [0.15, 0.2) is 23.1 Å². The van der Waals surface area contributed by atoms with Crippen molar-refractivity contribution in [1.29, 1.82) is 0 Å². The molecule has 9 heteroatoms. The minimum Gasteiger partial charge on any atom is -0.482 e. The number of benzene rings is 1. The second-order valence-corrected chi connectivity index (χ2v) is 9.85. The smallest absolute Gasteiger partial charge is 0.262 e. The second-order valence-electron chi connectivity index (χ2n) is 7.91. The molecule has 0 aromatic heterocycles. The number of sulfonamides is 1. The van der Waals surface area contributed by atoms with Crippen molar-refractivity contribution < 1.29 is 22.7 Å². The molecule has 2 aliphatic rings. The van der Waals surface area contributed by atoms with Crippen LogP contribution in [-0.2, 0) is 19.6 Å². The molecule has 1 fully saturated rings. The monoisotopic (exact) mass is 395 g/mol. The number of hydrogen-bond donors (Lipinski definition) is 2. The van der Waals surface area contributed by atoms with Gasteiger partial charge in [-0.25, -0.2) is 8.42 Å². The SMILES string of the molecule is CC(C)(C)NC(=O)C1CCN(S(=O)(=O)c2ccc3c(c2)OCC(=O)N3)CC1. The third-order valence-electron chi connectivity index (χ3n) is 4.55. The van der Waals surface area contributed by atoms with Crippen molar-refractivity contribution in [1.82, 2.24) is 9.62 Å². The van der Waals surface area contributed by atoms with Gasteiger partial charge >= 0.3 is 0 Å². The summed E-state index contributed by atoms with van der Waals surface area (Å²) in [4.78, 5) is 23.7. The van der Waals surface area contributed by atoms with Crippen molar-refractivity contribution in [3.63, 3.8) is 0 Å². The molecule has 2 aliphatic heterocycles. The Balaban J connectivity index is 1.69. The summed E-state index contributed by atoms with van der Waals surface area (Å²) >= 11 is 0. The van der Waals surface area contributed by atoms with Crippen molar-refractivity contribution in [2.75, 3.05) is 25.0 Å². The van der Waals surface area contributed by atoms with Crippen LogP contribution in [0.3, 0.4) is 0 Å². The Bertz CT molecular complexity index is 852. The van der Waals surface area contributed by atoms with E-state index in [0.717, 1.165) is 0 Å². The molecule has 0 aliphatic carbocycles. The number of nitrogens with zero attached hydrogens (tertiary/aromatic N) is 1. The van der Waals surface area contributed by atoms with Gasteiger partial charge in [-0.05, 0) is 45.7 Å². The Kier molecular flexibility index (Phi) is 5.18. The van der Waals surface area contributed by atoms with Crippen LogP contribution in [0, 0.1) is 5.92 Å². The molecule has 0 bridgehead atoms. The molecule has 0 saturated carbocycles. The summed E-state index contributed by atoms with van der Waals surface area (Å²) in [6, 6.07) is 4.42. The van der Waals surface area contributed by atoms with Crippen molar-refractivity contribution in [2.24, 2.45) is 5.92 Å². The van der Waals surface area contributed by atoms with Gasteiger partial charge in [0, 0.05) is 30.6 Å². The van der Waals surface area contributed by atoms with E-state index in [4.69, 9.17) is 4.74 Å². The maximum atomic E-state index is 12.9. The largest absolute Gasteiger partial charge is 0.482 e. The summed E-state index contributed by atoms with van der Waals surface area (Å²) in [6.07, 6.45) is 0.970. The lowest BCUT2D eigenvalue weighted by Gasteiger charge is -2.32. The fourth-order valence-corrected chi connectivity index (χ4v) is 4.68. The zero-order valence-corrected chi connectivity index (χ0v) is 16.6. The molecule has 0 radical (unpaired) electrons. The van der Waals surface area contributed by atoms with Gasteiger partial charge in [-0.1, -0.05) is 0 Å². The molecule has 1 aromatic rings. The van der Waals surface area contributed by atoms with Crippen LogP contribution in [0.5, 0.6) is 5.75 Å². The summed E-state index contributed by atoms with van der Waals surface area (Å²) in [5, 5.41) is 5.59. The average Bonchev–Trinajstić information content (AvgIpc) is 2.60. The van der Waals surface area contributed by atoms with Crippen molar-refractivity contribution in [2.45, 2.75) is 44.0 Å². The summed E-state index contributed by atoms with van der Waals surface area (Å²) in [5.74, 6) is -0.140. The first kappa shape index (κ1) is 19.6. The normalized spacial score (nSPS) is 19.0. The number of anilines is 1. The Morgan fingerprint density at radius 2 is 1.93 bits per heavy atom. The third kappa shape index (κ3) is 4.41. The minimum absolute atomic E-state index is 0.0301. The van der Waals surface area contributed by atoms with E-state index in [1.165, 1.54) is 22.5 Å². The van der Waals surface area contributed by atoms with Crippen LogP contribution >= 0.6 is 0 Å². The highest BCUT2D eigenvalue weighted by atomic mass is 32.2. The fourth-order valence-electron chi connectivity index (χ4n) is 3.19. The maximum absolute atomic E-state index is 12.9. The van der Waals surface area contributed by atoms with Crippen LogP contribution in [-0.4, -0.2) is 49.8 Å². The number of amides is 2. The molecule has 3 rings (SSSR count). The number of carbonyl (C=O) groups excluding carboxylic acids is 2. The highest BCUT2D eigenvalue weighted by Gasteiger charge is 2.33. The van der Waals surface area contributed by atoms with Crippen molar-refractivity contribution in [3.05, 3.63) is 18.2 Å². The fraction of sp³-hybridized carbons (Fsp3) is 0.556. The lowest BCUT2D eigenvalue weighted by atomic mass is 9.96. The molecule has 8 nitrogen and oxygen atoms in total. The molecule has 2 heterocycles. The zero-order valence-electron chi connectivity index (χ0n) is 15.7. The van der Waals surface area contributed by atoms with Crippen LogP contribution in [0.1, 0.15) is 33.6 Å². The van der Waals surface area contributed by atoms with Gasteiger partial charge in [-0.3, -0.25) is 9.59 Å². The number of piperidine rings is 1. The van der Waals surface area contributed by atoms with E-state index in [-0.39, 0.29) is 34.8 Å². The van der Waals surface area contributed by atoms with Gasteiger partial charge in [0.05, 0.1) is 10.6 Å². The summed E-state index contributed by atoms with van der Waals surface area (Å²) in [6.45, 7) is 6.21. The summed E-state index contributed by atoms with van der Waals surface area (Å²) in [7, 11) is -3.68. The highest BCUT2D eigenvalue weighted by molar-refractivity contribution is 7.89. The molecule has 2 amide bonds. The first-order valence-electron chi connectivity index (χ1n) is 8.95. The molecule has 1 saturated heterocycles. The van der Waals surface area contributed by atoms with Gasteiger partial charge in [0.2, 0.25) is 15.9 Å². The molecule has 0 unspecified atom stereocenters. The lowest BCUT2D eigenvalue weighted by Crippen LogP contribution is -2.47. The Hall–Kier alpha value is -2.13. The minimum atomic E-state index is -3.68. The van der Waals surface area contributed by atoms with Crippen LogP contribution in [0.25, 0.3) is 0 Å². The number of hydrogen-bond acceptors (Lipinski definition) is 5. The maximum Gasteiger partial charge on any atom is 0.262 e. The van der Waals surface area contributed by atoms with E-state index in [0.29, 0.717) is 37.4 Å². The Labute approximate surface area is 159 Å². The van der Waals surface area contributed by atoms with E-state index >= 15 is 0 Å². The van der Waals surface area contributed by atoms with E-state index in [9.17, 15) is 18.0 Å². The number of fused-ring (bicyclic) bond motifs is 1. The molecule has 0 spiro atoms. The molecule has 148 valence electrons. The summed E-state index contributed by atoms with van der Waals surface area (Å²) < 4.78 is 32.6. The van der Waals surface area contributed by atoms with Gasteiger partial charge < -0.3 is 15.4 Å². The van der Waals surface area contributed by atoms with Crippen molar-refractivity contribution in [3.8, 4) is 5.75 Å². The zero-order chi connectivity index (χ0) is 19.8. The summed E-state index contributed by atoms with van der Waals surface area (Å²) in [5.41, 5.74) is 0.154. The molecular weight excluding hydrogens is 370 g/mol. The van der Waals surface area contributed by atoms with E-state index in [1.807, 2.05) is 20.8 Å². The number of ether oxygens (including phenoxy) is 1. The van der Waals surface area contributed by atoms with Gasteiger partial charge in [0.15, 0.2) is 6.61 Å². The lowest BCUT2D eigenvalue weighted by molar-refractivity contribution is -0.127. The van der Waals surface area contributed by atoms with Crippen molar-refractivity contribution >= 4 is 27.5 Å². The first-order valence-corrected chi connectivity index (χ1v) is 10.4. The molecule has 2 N–H and O–H groups in total. The van der Waals surface area contributed by atoms with E-state index in [2.05, 4.69) is 10.6 Å². The van der Waals surface area contributed by atoms with E-state index < -0.39 is 10.0 Å². The standard InChI is InChI=1S/C18H25N3O5S/c1-18(2,3)20-17(23)12-6-8-21(9-7-12)27(24,25)13-4-5-14-15(10-13)26-11-16(22)19-14/h4-5,10,12H,6-9,11H2,1-3H3,(H,19,22)(H,20,23). The Morgan fingerprint density at radius 1 is 1.26 bits per heavy atom. The number of rotatable bonds is 3. The molecule has 0 atom stereocenters. The second kappa shape index (κ2) is 7.12. The highest BCUT2D eigenvalue weighted by Crippen LogP contribution is 2.32. The predicted molar refractivity (Wildman–Crippen MR) is 99.9 cm³/mol. The van der Waals surface area contributed by atoms with Crippen LogP contribution in [0.2, 0.25) is 0 Å². The van der Waals surface area contributed by atoms with E-state index in [1.54, 1.807) is 0 Å². The third-order valence-corrected chi connectivity index (χ3v) is 6.44. The number of nitrogens with one attached hydrogen (secondary N) is 2. The van der Waals surface area contributed by atoms with Gasteiger partial charge in [0.25, 0.3) is 5.91 Å². The van der Waals surface area contributed by atoms with Crippen LogP contribution in [0.4, 0.5) is 5.69 Å².